The Morgan fingerprint density at radius 1 is 1.33 bits per heavy atom. The largest absolute Gasteiger partial charge is 0.372 e. The van der Waals surface area contributed by atoms with Crippen molar-refractivity contribution in [2.24, 2.45) is 0 Å². The first-order valence-corrected chi connectivity index (χ1v) is 5.83. The average molecular weight is 214 g/mol. The van der Waals surface area contributed by atoms with Crippen LogP contribution in [0.1, 0.15) is 25.7 Å². The molecule has 0 radical (unpaired) electrons. The van der Waals surface area contributed by atoms with Gasteiger partial charge in [0.25, 0.3) is 0 Å². The number of ether oxygens (including phenoxy) is 1. The zero-order chi connectivity index (χ0) is 10.9. The van der Waals surface area contributed by atoms with E-state index >= 15 is 0 Å². The normalized spacial score (nSPS) is 17.7. The number of carbonyl (C=O) groups excluding carboxylic acids is 1. The third kappa shape index (κ3) is 5.74. The molecule has 0 spiro atoms. The molecule has 4 heteroatoms. The van der Waals surface area contributed by atoms with Crippen LogP contribution in [0.3, 0.4) is 0 Å². The lowest BCUT2D eigenvalue weighted by Gasteiger charge is -2.26. The van der Waals surface area contributed by atoms with E-state index in [0.29, 0.717) is 6.61 Å². The molecule has 1 aliphatic heterocycles. The zero-order valence-electron chi connectivity index (χ0n) is 9.63. The van der Waals surface area contributed by atoms with Crippen molar-refractivity contribution in [3.05, 3.63) is 0 Å². The van der Waals surface area contributed by atoms with Crippen molar-refractivity contribution < 1.29 is 9.53 Å². The Balaban J connectivity index is 1.89. The van der Waals surface area contributed by atoms with Crippen LogP contribution in [-0.2, 0) is 9.53 Å². The summed E-state index contributed by atoms with van der Waals surface area (Å²) in [5.74, 6) is -0.0482. The van der Waals surface area contributed by atoms with Crippen molar-refractivity contribution in [3.63, 3.8) is 0 Å². The van der Waals surface area contributed by atoms with E-state index in [1.165, 1.54) is 32.4 Å². The molecule has 4 nitrogen and oxygen atoms in total. The van der Waals surface area contributed by atoms with Crippen molar-refractivity contribution >= 4 is 5.91 Å². The second-order valence-corrected chi connectivity index (χ2v) is 3.98. The predicted octanol–water partition coefficient (Wildman–Crippen LogP) is 0.625. The molecule has 15 heavy (non-hydrogen) atoms. The summed E-state index contributed by atoms with van der Waals surface area (Å²) in [6.07, 6.45) is 5.07. The molecule has 0 aromatic carbocycles. The van der Waals surface area contributed by atoms with Gasteiger partial charge in [-0.05, 0) is 32.4 Å². The fourth-order valence-electron chi connectivity index (χ4n) is 1.81. The lowest BCUT2D eigenvalue weighted by Crippen LogP contribution is -2.31. The molecule has 0 saturated carbocycles. The molecule has 0 aromatic heterocycles. The van der Waals surface area contributed by atoms with Crippen molar-refractivity contribution in [1.82, 2.24) is 10.2 Å². The van der Waals surface area contributed by atoms with E-state index in [0.717, 1.165) is 13.0 Å². The molecule has 0 bridgehead atoms. The van der Waals surface area contributed by atoms with Crippen LogP contribution in [0.4, 0.5) is 0 Å². The first-order valence-electron chi connectivity index (χ1n) is 5.83. The van der Waals surface area contributed by atoms with Crippen molar-refractivity contribution in [2.75, 3.05) is 39.9 Å². The number of likely N-dealkylation sites (tertiary alicyclic amines) is 1. The Kier molecular flexibility index (Phi) is 6.36. The van der Waals surface area contributed by atoms with E-state index < -0.39 is 0 Å². The van der Waals surface area contributed by atoms with Crippen LogP contribution < -0.4 is 5.32 Å². The third-order valence-corrected chi connectivity index (χ3v) is 2.72. The average Bonchev–Trinajstić information content (AvgIpc) is 2.29. The highest BCUT2D eigenvalue weighted by Gasteiger charge is 2.08. The fraction of sp³-hybridized carbons (Fsp3) is 0.909. The Bertz CT molecular complexity index is 179. The van der Waals surface area contributed by atoms with Gasteiger partial charge in [-0.3, -0.25) is 4.79 Å². The smallest absolute Gasteiger partial charge is 0.245 e. The second kappa shape index (κ2) is 7.65. The molecule has 88 valence electrons. The third-order valence-electron chi connectivity index (χ3n) is 2.72. The molecule has 0 aliphatic carbocycles. The Labute approximate surface area is 92.0 Å². The molecule has 1 aliphatic rings. The van der Waals surface area contributed by atoms with E-state index in [1.54, 1.807) is 7.05 Å². The maximum atomic E-state index is 10.8. The van der Waals surface area contributed by atoms with Crippen LogP contribution in [0.25, 0.3) is 0 Å². The SMILES string of the molecule is CNC(=O)COCCCN1CCCCC1. The van der Waals surface area contributed by atoms with Gasteiger partial charge in [-0.2, -0.15) is 0 Å². The Morgan fingerprint density at radius 2 is 2.07 bits per heavy atom. The lowest BCUT2D eigenvalue weighted by molar-refractivity contribution is -0.125. The summed E-state index contributed by atoms with van der Waals surface area (Å²) in [5.41, 5.74) is 0. The van der Waals surface area contributed by atoms with Crippen LogP contribution in [0.2, 0.25) is 0 Å². The molecule has 1 saturated heterocycles. The van der Waals surface area contributed by atoms with E-state index in [2.05, 4.69) is 10.2 Å². The summed E-state index contributed by atoms with van der Waals surface area (Å²) in [4.78, 5) is 13.3. The molecular weight excluding hydrogens is 192 g/mol. The molecule has 0 aromatic rings. The first kappa shape index (κ1) is 12.5. The number of amides is 1. The molecule has 1 fully saturated rings. The first-order chi connectivity index (χ1) is 7.33. The van der Waals surface area contributed by atoms with Gasteiger partial charge in [-0.25, -0.2) is 0 Å². The number of rotatable bonds is 6. The molecule has 1 amide bonds. The summed E-state index contributed by atoms with van der Waals surface area (Å²) < 4.78 is 5.24. The van der Waals surface area contributed by atoms with Crippen LogP contribution in [-0.4, -0.2) is 50.7 Å². The van der Waals surface area contributed by atoms with E-state index in [9.17, 15) is 4.79 Å². The minimum Gasteiger partial charge on any atom is -0.372 e. The number of hydrogen-bond acceptors (Lipinski definition) is 3. The Morgan fingerprint density at radius 3 is 2.73 bits per heavy atom. The molecule has 1 N–H and O–H groups in total. The van der Waals surface area contributed by atoms with Gasteiger partial charge in [0, 0.05) is 20.2 Å². The summed E-state index contributed by atoms with van der Waals surface area (Å²) in [5, 5.41) is 2.53. The second-order valence-electron chi connectivity index (χ2n) is 3.98. The molecule has 0 unspecified atom stereocenters. The van der Waals surface area contributed by atoms with Gasteiger partial charge in [-0.15, -0.1) is 0 Å². The molecule has 1 heterocycles. The quantitative estimate of drug-likeness (QED) is 0.659. The number of likely N-dealkylation sites (N-methyl/N-ethyl adjacent to an activating group) is 1. The van der Waals surface area contributed by atoms with Gasteiger partial charge in [0.1, 0.15) is 6.61 Å². The number of hydrogen-bond donors (Lipinski definition) is 1. The van der Waals surface area contributed by atoms with Gasteiger partial charge in [0.15, 0.2) is 0 Å². The van der Waals surface area contributed by atoms with Crippen LogP contribution in [0.15, 0.2) is 0 Å². The minimum atomic E-state index is -0.0482. The Hall–Kier alpha value is -0.610. The topological polar surface area (TPSA) is 41.6 Å². The molecular formula is C11H22N2O2. The monoisotopic (exact) mass is 214 g/mol. The van der Waals surface area contributed by atoms with Gasteiger partial charge in [0.05, 0.1) is 0 Å². The van der Waals surface area contributed by atoms with Crippen LogP contribution >= 0.6 is 0 Å². The predicted molar refractivity (Wildman–Crippen MR) is 59.8 cm³/mol. The summed E-state index contributed by atoms with van der Waals surface area (Å²) in [6.45, 7) is 4.44. The minimum absolute atomic E-state index is 0.0482. The maximum Gasteiger partial charge on any atom is 0.245 e. The van der Waals surface area contributed by atoms with Crippen molar-refractivity contribution in [1.29, 1.82) is 0 Å². The number of piperidine rings is 1. The van der Waals surface area contributed by atoms with E-state index in [1.807, 2.05) is 0 Å². The van der Waals surface area contributed by atoms with Gasteiger partial charge in [-0.1, -0.05) is 6.42 Å². The zero-order valence-corrected chi connectivity index (χ0v) is 9.63. The van der Waals surface area contributed by atoms with Crippen molar-refractivity contribution in [2.45, 2.75) is 25.7 Å². The lowest BCUT2D eigenvalue weighted by atomic mass is 10.1. The highest BCUT2D eigenvalue weighted by Crippen LogP contribution is 2.08. The number of nitrogens with one attached hydrogen (secondary N) is 1. The molecule has 1 rings (SSSR count). The highest BCUT2D eigenvalue weighted by molar-refractivity contribution is 5.76. The van der Waals surface area contributed by atoms with E-state index in [4.69, 9.17) is 4.74 Å². The standard InChI is InChI=1S/C11H22N2O2/c1-12-11(14)10-15-9-5-8-13-6-3-2-4-7-13/h2-10H2,1H3,(H,12,14). The summed E-state index contributed by atoms with van der Waals surface area (Å²) >= 11 is 0. The van der Waals surface area contributed by atoms with E-state index in [-0.39, 0.29) is 12.5 Å². The number of carbonyl (C=O) groups is 1. The van der Waals surface area contributed by atoms with Gasteiger partial charge in [0.2, 0.25) is 5.91 Å². The summed E-state index contributed by atoms with van der Waals surface area (Å²) in [6, 6.07) is 0. The van der Waals surface area contributed by atoms with Gasteiger partial charge < -0.3 is 15.0 Å². The fourth-order valence-corrected chi connectivity index (χ4v) is 1.81. The van der Waals surface area contributed by atoms with Crippen LogP contribution in [0.5, 0.6) is 0 Å². The maximum absolute atomic E-state index is 10.8. The molecule has 0 atom stereocenters. The van der Waals surface area contributed by atoms with Gasteiger partial charge >= 0.3 is 0 Å². The van der Waals surface area contributed by atoms with Crippen LogP contribution in [0, 0.1) is 0 Å². The summed E-state index contributed by atoms with van der Waals surface area (Å²) in [7, 11) is 1.62. The highest BCUT2D eigenvalue weighted by atomic mass is 16.5. The number of nitrogens with zero attached hydrogens (tertiary/aromatic N) is 1. The van der Waals surface area contributed by atoms with Crippen molar-refractivity contribution in [3.8, 4) is 0 Å².